The number of nitrogens with zero attached hydrogens (tertiary/aromatic N) is 1. The summed E-state index contributed by atoms with van der Waals surface area (Å²) in [6.07, 6.45) is -4.57. The maximum atomic E-state index is 13.8. The summed E-state index contributed by atoms with van der Waals surface area (Å²) in [5, 5.41) is 4.97. The molecule has 0 radical (unpaired) electrons. The molecule has 1 fully saturated rings. The number of carbonyl (C=O) groups is 1. The zero-order valence-corrected chi connectivity index (χ0v) is 14.6. The smallest absolute Gasteiger partial charge is 0.405 e. The predicted octanol–water partition coefficient (Wildman–Crippen LogP) is 1.96. The number of halogens is 6. The van der Waals surface area contributed by atoms with Crippen LogP contribution >= 0.6 is 12.4 Å². The first-order valence-electron chi connectivity index (χ1n) is 7.57. The minimum absolute atomic E-state index is 0. The lowest BCUT2D eigenvalue weighted by Gasteiger charge is -2.35. The highest BCUT2D eigenvalue weighted by Crippen LogP contribution is 2.27. The van der Waals surface area contributed by atoms with Crippen LogP contribution in [0.25, 0.3) is 0 Å². The van der Waals surface area contributed by atoms with Gasteiger partial charge in [-0.2, -0.15) is 13.2 Å². The molecule has 1 aliphatic heterocycles. The molecular formula is C15H19ClF5N3O2. The first-order chi connectivity index (χ1) is 11.8. The van der Waals surface area contributed by atoms with Crippen LogP contribution in [0.3, 0.4) is 0 Å². The lowest BCUT2D eigenvalue weighted by Crippen LogP contribution is -2.57. The molecule has 1 saturated heterocycles. The molecule has 0 bridgehead atoms. The number of ether oxygens (including phenoxy) is 1. The molecule has 0 spiro atoms. The average Bonchev–Trinajstić information content (AvgIpc) is 2.56. The highest BCUT2D eigenvalue weighted by Gasteiger charge is 2.44. The Hall–Kier alpha value is -1.65. The summed E-state index contributed by atoms with van der Waals surface area (Å²) in [5.41, 5.74) is -0.760. The third kappa shape index (κ3) is 5.18. The maximum Gasteiger partial charge on any atom is 0.405 e. The van der Waals surface area contributed by atoms with E-state index in [0.29, 0.717) is 19.2 Å². The summed E-state index contributed by atoms with van der Waals surface area (Å²) < 4.78 is 71.9. The third-order valence-corrected chi connectivity index (χ3v) is 3.92. The molecule has 1 amide bonds. The van der Waals surface area contributed by atoms with Gasteiger partial charge in [0.2, 0.25) is 0 Å². The molecule has 1 aromatic rings. The largest absolute Gasteiger partial charge is 0.493 e. The summed E-state index contributed by atoms with van der Waals surface area (Å²) >= 11 is 0. The molecule has 0 saturated carbocycles. The van der Waals surface area contributed by atoms with E-state index in [2.05, 4.69) is 10.1 Å². The lowest BCUT2D eigenvalue weighted by atomic mass is 10.1. The van der Waals surface area contributed by atoms with Crippen molar-refractivity contribution >= 4 is 18.3 Å². The topological polar surface area (TPSA) is 53.6 Å². The predicted molar refractivity (Wildman–Crippen MR) is 86.8 cm³/mol. The fraction of sp³-hybridized carbons (Fsp3) is 0.533. The Morgan fingerprint density at radius 3 is 2.38 bits per heavy atom. The Morgan fingerprint density at radius 1 is 1.27 bits per heavy atom. The molecule has 0 aliphatic carbocycles. The molecule has 0 aromatic heterocycles. The Balaban J connectivity index is 0.00000338. The molecule has 2 N–H and O–H groups in total. The Kier molecular flexibility index (Phi) is 8.04. The monoisotopic (exact) mass is 403 g/mol. The number of alkyl halides is 3. The number of benzene rings is 1. The van der Waals surface area contributed by atoms with Crippen molar-refractivity contribution in [2.75, 3.05) is 39.8 Å². The van der Waals surface area contributed by atoms with E-state index in [4.69, 9.17) is 0 Å². The second kappa shape index (κ2) is 9.33. The number of carbonyl (C=O) groups excluding carboxylic acids is 1. The normalized spacial score (nSPS) is 16.5. The van der Waals surface area contributed by atoms with Crippen LogP contribution in [0.4, 0.5) is 22.0 Å². The van der Waals surface area contributed by atoms with E-state index in [0.717, 1.165) is 13.2 Å². The SMILES string of the molecule is COc1c(F)ccc(F)c1C(=O)NCC(N1CCNCC1)C(F)(F)F.Cl. The van der Waals surface area contributed by atoms with Gasteiger partial charge in [0.25, 0.3) is 5.91 Å². The van der Waals surface area contributed by atoms with Crippen LogP contribution in [0, 0.1) is 11.6 Å². The van der Waals surface area contributed by atoms with Crippen molar-refractivity contribution < 1.29 is 31.5 Å². The summed E-state index contributed by atoms with van der Waals surface area (Å²) in [4.78, 5) is 13.3. The molecule has 1 atom stereocenters. The van der Waals surface area contributed by atoms with Gasteiger partial charge in [0.05, 0.1) is 7.11 Å². The van der Waals surface area contributed by atoms with Crippen LogP contribution in [-0.2, 0) is 0 Å². The third-order valence-electron chi connectivity index (χ3n) is 3.92. The van der Waals surface area contributed by atoms with E-state index >= 15 is 0 Å². The van der Waals surface area contributed by atoms with Gasteiger partial charge in [-0.05, 0) is 12.1 Å². The standard InChI is InChI=1S/C15H18F5N3O2.ClH/c1-25-13-10(17)3-2-9(16)12(13)14(24)22-8-11(15(18,19)20)23-6-4-21-5-7-23;/h2-3,11,21H,4-8H2,1H3,(H,22,24);1H. The van der Waals surface area contributed by atoms with E-state index in [9.17, 15) is 26.7 Å². The quantitative estimate of drug-likeness (QED) is 0.738. The molecule has 1 aliphatic rings. The van der Waals surface area contributed by atoms with E-state index in [1.54, 1.807) is 0 Å². The molecule has 1 aromatic carbocycles. The molecular weight excluding hydrogens is 385 g/mol. The maximum absolute atomic E-state index is 13.8. The number of nitrogens with one attached hydrogen (secondary N) is 2. The van der Waals surface area contributed by atoms with Crippen LogP contribution in [0.2, 0.25) is 0 Å². The van der Waals surface area contributed by atoms with Gasteiger partial charge in [0, 0.05) is 32.7 Å². The van der Waals surface area contributed by atoms with Crippen LogP contribution in [-0.4, -0.2) is 62.9 Å². The second-order valence-corrected chi connectivity index (χ2v) is 5.49. The first kappa shape index (κ1) is 22.4. The van der Waals surface area contributed by atoms with E-state index in [-0.39, 0.29) is 25.5 Å². The van der Waals surface area contributed by atoms with Gasteiger partial charge in [-0.3, -0.25) is 9.69 Å². The number of piperazine rings is 1. The zero-order chi connectivity index (χ0) is 18.6. The lowest BCUT2D eigenvalue weighted by molar-refractivity contribution is -0.183. The summed E-state index contributed by atoms with van der Waals surface area (Å²) in [7, 11) is 1.04. The van der Waals surface area contributed by atoms with Gasteiger partial charge in [-0.25, -0.2) is 8.78 Å². The van der Waals surface area contributed by atoms with Crippen molar-refractivity contribution in [1.82, 2.24) is 15.5 Å². The number of hydrogen-bond acceptors (Lipinski definition) is 4. The number of rotatable bonds is 5. The van der Waals surface area contributed by atoms with Gasteiger partial charge < -0.3 is 15.4 Å². The van der Waals surface area contributed by atoms with Gasteiger partial charge >= 0.3 is 6.18 Å². The van der Waals surface area contributed by atoms with Crippen molar-refractivity contribution in [2.45, 2.75) is 12.2 Å². The fourth-order valence-corrected chi connectivity index (χ4v) is 2.67. The number of amides is 1. The van der Waals surface area contributed by atoms with E-state index in [1.807, 2.05) is 5.32 Å². The van der Waals surface area contributed by atoms with Gasteiger partial charge in [0.1, 0.15) is 17.4 Å². The summed E-state index contributed by atoms with van der Waals surface area (Å²) in [6, 6.07) is -0.435. The summed E-state index contributed by atoms with van der Waals surface area (Å²) in [6.45, 7) is 0.344. The number of hydrogen-bond donors (Lipinski definition) is 2. The summed E-state index contributed by atoms with van der Waals surface area (Å²) in [5.74, 6) is -3.88. The van der Waals surface area contributed by atoms with Crippen molar-refractivity contribution in [3.05, 3.63) is 29.3 Å². The minimum Gasteiger partial charge on any atom is -0.493 e. The van der Waals surface area contributed by atoms with Crippen LogP contribution < -0.4 is 15.4 Å². The van der Waals surface area contributed by atoms with E-state index < -0.39 is 47.6 Å². The van der Waals surface area contributed by atoms with Gasteiger partial charge in [-0.15, -0.1) is 12.4 Å². The second-order valence-electron chi connectivity index (χ2n) is 5.49. The molecule has 1 unspecified atom stereocenters. The van der Waals surface area contributed by atoms with Crippen molar-refractivity contribution in [1.29, 1.82) is 0 Å². The van der Waals surface area contributed by atoms with Gasteiger partial charge in [-0.1, -0.05) is 0 Å². The van der Waals surface area contributed by atoms with Crippen molar-refractivity contribution in [3.63, 3.8) is 0 Å². The van der Waals surface area contributed by atoms with Crippen molar-refractivity contribution in [3.8, 4) is 5.75 Å². The fourth-order valence-electron chi connectivity index (χ4n) is 2.67. The Morgan fingerprint density at radius 2 is 1.85 bits per heavy atom. The Labute approximate surface area is 153 Å². The average molecular weight is 404 g/mol. The Bertz CT molecular complexity index is 624. The van der Waals surface area contributed by atoms with Crippen molar-refractivity contribution in [2.24, 2.45) is 0 Å². The molecule has 148 valence electrons. The van der Waals surface area contributed by atoms with E-state index in [1.165, 1.54) is 4.90 Å². The number of methoxy groups -OCH3 is 1. The minimum atomic E-state index is -4.57. The van der Waals surface area contributed by atoms with Crippen LogP contribution in [0.5, 0.6) is 5.75 Å². The zero-order valence-electron chi connectivity index (χ0n) is 13.8. The van der Waals surface area contributed by atoms with Crippen LogP contribution in [0.1, 0.15) is 10.4 Å². The first-order valence-corrected chi connectivity index (χ1v) is 7.57. The van der Waals surface area contributed by atoms with Gasteiger partial charge in [0.15, 0.2) is 11.6 Å². The molecule has 2 rings (SSSR count). The highest BCUT2D eigenvalue weighted by atomic mass is 35.5. The molecule has 26 heavy (non-hydrogen) atoms. The molecule has 1 heterocycles. The van der Waals surface area contributed by atoms with Crippen LogP contribution in [0.15, 0.2) is 12.1 Å². The highest BCUT2D eigenvalue weighted by molar-refractivity contribution is 5.97. The molecule has 11 heteroatoms. The molecule has 5 nitrogen and oxygen atoms in total.